The molecule has 1 aliphatic rings. The number of amides is 1. The van der Waals surface area contributed by atoms with Crippen molar-refractivity contribution in [2.75, 3.05) is 24.1 Å². The summed E-state index contributed by atoms with van der Waals surface area (Å²) in [5, 5.41) is 10.8. The van der Waals surface area contributed by atoms with Crippen molar-refractivity contribution >= 4 is 23.2 Å². The van der Waals surface area contributed by atoms with Crippen LogP contribution in [0.5, 0.6) is 0 Å². The van der Waals surface area contributed by atoms with Crippen LogP contribution in [-0.2, 0) is 0 Å². The van der Waals surface area contributed by atoms with Gasteiger partial charge in [0.2, 0.25) is 0 Å². The van der Waals surface area contributed by atoms with Gasteiger partial charge in [-0.05, 0) is 31.0 Å². The third-order valence-corrected chi connectivity index (χ3v) is 4.16. The van der Waals surface area contributed by atoms with E-state index in [1.807, 2.05) is 0 Å². The van der Waals surface area contributed by atoms with Gasteiger partial charge < -0.3 is 11.1 Å². The summed E-state index contributed by atoms with van der Waals surface area (Å²) < 4.78 is 27.4. The van der Waals surface area contributed by atoms with E-state index in [0.717, 1.165) is 32.0 Å². The van der Waals surface area contributed by atoms with Crippen molar-refractivity contribution in [3.05, 3.63) is 53.2 Å². The van der Waals surface area contributed by atoms with Gasteiger partial charge in [0.15, 0.2) is 17.5 Å². The minimum atomic E-state index is -1.13. The summed E-state index contributed by atoms with van der Waals surface area (Å²) in [4.78, 5) is 16.4. The fourth-order valence-corrected chi connectivity index (χ4v) is 2.75. The Morgan fingerprint density at radius 1 is 1.29 bits per heavy atom. The zero-order chi connectivity index (χ0) is 20.1. The first-order valence-corrected chi connectivity index (χ1v) is 8.47. The summed E-state index contributed by atoms with van der Waals surface area (Å²) in [5.41, 5.74) is 15.7. The summed E-state index contributed by atoms with van der Waals surface area (Å²) in [6, 6.07) is 4.94. The molecule has 9 nitrogen and oxygen atoms in total. The fourth-order valence-electron chi connectivity index (χ4n) is 2.75. The quantitative estimate of drug-likeness (QED) is 0.270. The number of hydrazine groups is 1. The lowest BCUT2D eigenvalue weighted by Crippen LogP contribution is -2.40. The number of benzene rings is 1. The van der Waals surface area contributed by atoms with Gasteiger partial charge in [0.05, 0.1) is 16.8 Å². The summed E-state index contributed by atoms with van der Waals surface area (Å²) in [6.07, 6.45) is 3.29. The van der Waals surface area contributed by atoms with Crippen LogP contribution in [0.4, 0.5) is 20.3 Å². The molecule has 2 aromatic rings. The van der Waals surface area contributed by atoms with Crippen molar-refractivity contribution in [3.63, 3.8) is 0 Å². The van der Waals surface area contributed by atoms with Crippen molar-refractivity contribution in [1.82, 2.24) is 15.4 Å². The number of aromatic nitrogens is 1. The van der Waals surface area contributed by atoms with E-state index in [1.165, 1.54) is 24.4 Å². The van der Waals surface area contributed by atoms with E-state index in [4.69, 9.17) is 11.3 Å². The number of rotatable bonds is 5. The molecule has 0 atom stereocenters. The molecular formula is C17H18F2N8O. The summed E-state index contributed by atoms with van der Waals surface area (Å²) in [7, 11) is 0. The molecule has 1 aromatic carbocycles. The van der Waals surface area contributed by atoms with Crippen LogP contribution in [0.1, 0.15) is 28.8 Å². The molecular weight excluding hydrogens is 370 g/mol. The van der Waals surface area contributed by atoms with Gasteiger partial charge in [-0.25, -0.2) is 18.8 Å². The number of carbonyl (C=O) groups excluding carboxylic acids is 1. The molecule has 0 bridgehead atoms. The van der Waals surface area contributed by atoms with Gasteiger partial charge in [-0.2, -0.15) is 5.53 Å². The van der Waals surface area contributed by atoms with Crippen molar-refractivity contribution in [2.45, 2.75) is 12.8 Å². The number of nitrogens with zero attached hydrogens (tertiary/aromatic N) is 4. The maximum Gasteiger partial charge on any atom is 0.267 e. The van der Waals surface area contributed by atoms with E-state index in [-0.39, 0.29) is 28.5 Å². The van der Waals surface area contributed by atoms with Gasteiger partial charge >= 0.3 is 0 Å². The molecule has 28 heavy (non-hydrogen) atoms. The Morgan fingerprint density at radius 2 is 2.04 bits per heavy atom. The number of nitrogens with two attached hydrogens (primary N) is 1. The van der Waals surface area contributed by atoms with E-state index in [9.17, 15) is 13.6 Å². The summed E-state index contributed by atoms with van der Waals surface area (Å²) in [5.74, 6) is -2.76. The second kappa shape index (κ2) is 8.48. The third kappa shape index (κ3) is 4.26. The molecule has 1 fully saturated rings. The molecule has 0 saturated carbocycles. The fraction of sp³-hybridized carbons (Fsp3) is 0.235. The highest BCUT2D eigenvalue weighted by Crippen LogP contribution is 2.20. The second-order valence-corrected chi connectivity index (χ2v) is 6.07. The Balaban J connectivity index is 1.90. The monoisotopic (exact) mass is 388 g/mol. The Morgan fingerprint density at radius 3 is 2.75 bits per heavy atom. The predicted molar refractivity (Wildman–Crippen MR) is 98.6 cm³/mol. The van der Waals surface area contributed by atoms with Crippen LogP contribution in [0.3, 0.4) is 0 Å². The Kier molecular flexibility index (Phi) is 5.84. The van der Waals surface area contributed by atoms with Crippen molar-refractivity contribution < 1.29 is 13.6 Å². The summed E-state index contributed by atoms with van der Waals surface area (Å²) >= 11 is 0. The minimum Gasteiger partial charge on any atom is -0.383 e. The van der Waals surface area contributed by atoms with Crippen molar-refractivity contribution in [2.24, 2.45) is 10.3 Å². The first kappa shape index (κ1) is 19.3. The smallest absolute Gasteiger partial charge is 0.267 e. The van der Waals surface area contributed by atoms with Gasteiger partial charge in [0, 0.05) is 19.3 Å². The molecule has 0 spiro atoms. The molecule has 0 unspecified atom stereocenters. The zero-order valence-electron chi connectivity index (χ0n) is 14.7. The molecule has 1 aliphatic heterocycles. The second-order valence-electron chi connectivity index (χ2n) is 6.07. The molecule has 1 aromatic heterocycles. The van der Waals surface area contributed by atoms with Crippen LogP contribution in [0.15, 0.2) is 40.8 Å². The molecule has 5 N–H and O–H groups in total. The molecule has 146 valence electrons. The van der Waals surface area contributed by atoms with Gasteiger partial charge in [-0.15, -0.1) is 5.10 Å². The lowest BCUT2D eigenvalue weighted by Gasteiger charge is -2.17. The number of hydrogen-bond acceptors (Lipinski definition) is 6. The maximum atomic E-state index is 14.0. The largest absolute Gasteiger partial charge is 0.383 e. The SMILES string of the molecule is N=N/N=C(\Nc1cccc(F)c1F)c1cc(C(=O)NN2CCCC2)cnc1N. The van der Waals surface area contributed by atoms with Crippen LogP contribution in [0.2, 0.25) is 0 Å². The number of pyridine rings is 1. The van der Waals surface area contributed by atoms with Gasteiger partial charge in [0.25, 0.3) is 5.91 Å². The van der Waals surface area contributed by atoms with E-state index in [0.29, 0.717) is 0 Å². The standard InChI is InChI=1S/C17H18F2N8O/c18-12-4-3-5-13(14(12)19)23-16(24-26-21)11-8-10(9-22-15(11)20)17(28)25-27-6-1-2-7-27/h3-5,8-9H,1-2,6-7H2,(H2,20,22)(H,25,28)(H2,21,23,24). The molecule has 11 heteroatoms. The topological polar surface area (TPSA) is 132 Å². The maximum absolute atomic E-state index is 14.0. The van der Waals surface area contributed by atoms with Gasteiger partial charge in [-0.1, -0.05) is 11.3 Å². The first-order valence-electron chi connectivity index (χ1n) is 8.47. The molecule has 0 aliphatic carbocycles. The molecule has 0 radical (unpaired) electrons. The first-order chi connectivity index (χ1) is 13.5. The number of halogens is 2. The Labute approximate surface area is 159 Å². The third-order valence-electron chi connectivity index (χ3n) is 4.16. The van der Waals surface area contributed by atoms with Crippen LogP contribution in [0.25, 0.3) is 0 Å². The average Bonchev–Trinajstić information content (AvgIpc) is 3.18. The lowest BCUT2D eigenvalue weighted by molar-refractivity contribution is 0.0825. The number of hydrogen-bond donors (Lipinski definition) is 4. The molecule has 2 heterocycles. The lowest BCUT2D eigenvalue weighted by atomic mass is 10.1. The number of nitrogens with one attached hydrogen (secondary N) is 3. The zero-order valence-corrected chi connectivity index (χ0v) is 14.7. The highest BCUT2D eigenvalue weighted by atomic mass is 19.2. The molecule has 1 saturated heterocycles. The highest BCUT2D eigenvalue weighted by molar-refractivity contribution is 6.12. The van der Waals surface area contributed by atoms with E-state index < -0.39 is 17.5 Å². The van der Waals surface area contributed by atoms with Gasteiger partial charge in [-0.3, -0.25) is 10.2 Å². The predicted octanol–water partition coefficient (Wildman–Crippen LogP) is 2.49. The number of nitrogen functional groups attached to an aromatic ring is 1. The Hall–Kier alpha value is -3.47. The highest BCUT2D eigenvalue weighted by Gasteiger charge is 2.19. The van der Waals surface area contributed by atoms with Crippen LogP contribution in [0, 0.1) is 17.2 Å². The average molecular weight is 388 g/mol. The van der Waals surface area contributed by atoms with E-state index in [2.05, 4.69) is 26.1 Å². The van der Waals surface area contributed by atoms with E-state index in [1.54, 1.807) is 5.01 Å². The number of anilines is 2. The van der Waals surface area contributed by atoms with Crippen LogP contribution in [-0.4, -0.2) is 34.8 Å². The van der Waals surface area contributed by atoms with Crippen LogP contribution >= 0.6 is 0 Å². The normalized spacial score (nSPS) is 14.7. The van der Waals surface area contributed by atoms with Crippen LogP contribution < -0.4 is 16.5 Å². The molecule has 1 amide bonds. The summed E-state index contributed by atoms with van der Waals surface area (Å²) in [6.45, 7) is 1.51. The van der Waals surface area contributed by atoms with Crippen molar-refractivity contribution in [1.29, 1.82) is 5.53 Å². The molecule has 3 rings (SSSR count). The number of carbonyl (C=O) groups is 1. The Bertz CT molecular complexity index is 927. The van der Waals surface area contributed by atoms with E-state index >= 15 is 0 Å². The number of amidine groups is 1. The minimum absolute atomic E-state index is 0.0237. The van der Waals surface area contributed by atoms with Gasteiger partial charge in [0.1, 0.15) is 5.82 Å². The van der Waals surface area contributed by atoms with Crippen molar-refractivity contribution in [3.8, 4) is 0 Å².